The van der Waals surface area contributed by atoms with Gasteiger partial charge in [0.05, 0.1) is 11.7 Å². The van der Waals surface area contributed by atoms with E-state index < -0.39 is 6.04 Å². The lowest BCUT2D eigenvalue weighted by molar-refractivity contribution is 0.592. The molecule has 0 saturated carbocycles. The Balaban J connectivity index is 2.53. The van der Waals surface area contributed by atoms with E-state index in [1.807, 2.05) is 39.8 Å². The van der Waals surface area contributed by atoms with Crippen LogP contribution in [0.15, 0.2) is 24.4 Å². The summed E-state index contributed by atoms with van der Waals surface area (Å²) in [6.45, 7) is 7.69. The standard InChI is InChI=1S/C16H19FN2/c1-9-5-11(3)14(13(17)7-9)15(18)16-12(4)6-10(2)8-19-16/h5-8,15H,18H2,1-4H3. The second-order valence-corrected chi connectivity index (χ2v) is 5.17. The van der Waals surface area contributed by atoms with Crippen molar-refractivity contribution in [2.75, 3.05) is 0 Å². The average Bonchev–Trinajstić information content (AvgIpc) is 2.26. The van der Waals surface area contributed by atoms with Crippen molar-refractivity contribution in [1.29, 1.82) is 0 Å². The summed E-state index contributed by atoms with van der Waals surface area (Å²) in [5.74, 6) is -0.258. The van der Waals surface area contributed by atoms with Gasteiger partial charge in [0.25, 0.3) is 0 Å². The Hall–Kier alpha value is -1.74. The van der Waals surface area contributed by atoms with Crippen LogP contribution in [-0.2, 0) is 0 Å². The molecule has 0 aliphatic carbocycles. The first-order valence-corrected chi connectivity index (χ1v) is 6.35. The summed E-state index contributed by atoms with van der Waals surface area (Å²) < 4.78 is 14.2. The van der Waals surface area contributed by atoms with Gasteiger partial charge in [-0.05, 0) is 56.0 Å². The number of benzene rings is 1. The monoisotopic (exact) mass is 258 g/mol. The van der Waals surface area contributed by atoms with E-state index >= 15 is 0 Å². The van der Waals surface area contributed by atoms with Crippen LogP contribution in [0.5, 0.6) is 0 Å². The van der Waals surface area contributed by atoms with Gasteiger partial charge in [-0.1, -0.05) is 12.1 Å². The number of aryl methyl sites for hydroxylation is 4. The van der Waals surface area contributed by atoms with Gasteiger partial charge in [-0.25, -0.2) is 4.39 Å². The molecule has 19 heavy (non-hydrogen) atoms. The van der Waals surface area contributed by atoms with Gasteiger partial charge in [-0.15, -0.1) is 0 Å². The number of halogens is 1. The number of pyridine rings is 1. The van der Waals surface area contributed by atoms with Gasteiger partial charge in [0.2, 0.25) is 0 Å². The molecular weight excluding hydrogens is 239 g/mol. The molecule has 0 amide bonds. The molecule has 1 atom stereocenters. The van der Waals surface area contributed by atoms with Crippen LogP contribution in [0.2, 0.25) is 0 Å². The van der Waals surface area contributed by atoms with E-state index in [9.17, 15) is 4.39 Å². The van der Waals surface area contributed by atoms with Crippen LogP contribution in [-0.4, -0.2) is 4.98 Å². The van der Waals surface area contributed by atoms with Crippen molar-refractivity contribution in [1.82, 2.24) is 4.98 Å². The molecule has 0 saturated heterocycles. The van der Waals surface area contributed by atoms with Crippen LogP contribution in [0.25, 0.3) is 0 Å². The van der Waals surface area contributed by atoms with Crippen LogP contribution in [0.4, 0.5) is 4.39 Å². The molecule has 2 nitrogen and oxygen atoms in total. The fourth-order valence-corrected chi connectivity index (χ4v) is 2.51. The number of hydrogen-bond acceptors (Lipinski definition) is 2. The van der Waals surface area contributed by atoms with Crippen LogP contribution >= 0.6 is 0 Å². The van der Waals surface area contributed by atoms with Crippen molar-refractivity contribution in [3.63, 3.8) is 0 Å². The SMILES string of the molecule is Cc1cnc(C(N)c2c(C)cc(C)cc2F)c(C)c1. The quantitative estimate of drug-likeness (QED) is 0.895. The first-order valence-electron chi connectivity index (χ1n) is 6.35. The topological polar surface area (TPSA) is 38.9 Å². The Kier molecular flexibility index (Phi) is 3.67. The van der Waals surface area contributed by atoms with Gasteiger partial charge in [0.15, 0.2) is 0 Å². The summed E-state index contributed by atoms with van der Waals surface area (Å²) in [4.78, 5) is 4.37. The first kappa shape index (κ1) is 13.7. The molecule has 0 fully saturated rings. The summed E-state index contributed by atoms with van der Waals surface area (Å²) in [6, 6.07) is 4.96. The van der Waals surface area contributed by atoms with Crippen LogP contribution in [0, 0.1) is 33.5 Å². The van der Waals surface area contributed by atoms with E-state index in [-0.39, 0.29) is 5.82 Å². The minimum atomic E-state index is -0.527. The van der Waals surface area contributed by atoms with Gasteiger partial charge in [0.1, 0.15) is 5.82 Å². The molecular formula is C16H19FN2. The maximum atomic E-state index is 14.2. The summed E-state index contributed by atoms with van der Waals surface area (Å²) >= 11 is 0. The lowest BCUT2D eigenvalue weighted by atomic mass is 9.94. The third-order valence-corrected chi connectivity index (χ3v) is 3.34. The maximum Gasteiger partial charge on any atom is 0.128 e. The second kappa shape index (κ2) is 5.10. The van der Waals surface area contributed by atoms with Crippen molar-refractivity contribution in [3.8, 4) is 0 Å². The van der Waals surface area contributed by atoms with E-state index in [1.54, 1.807) is 6.20 Å². The van der Waals surface area contributed by atoms with Gasteiger partial charge in [-0.3, -0.25) is 4.98 Å². The fraction of sp³-hybridized carbons (Fsp3) is 0.312. The highest BCUT2D eigenvalue weighted by Crippen LogP contribution is 2.27. The largest absolute Gasteiger partial charge is 0.319 e. The van der Waals surface area contributed by atoms with Gasteiger partial charge in [0, 0.05) is 11.8 Å². The second-order valence-electron chi connectivity index (χ2n) is 5.17. The maximum absolute atomic E-state index is 14.2. The van der Waals surface area contributed by atoms with Crippen molar-refractivity contribution in [2.45, 2.75) is 33.7 Å². The predicted molar refractivity (Wildman–Crippen MR) is 75.6 cm³/mol. The van der Waals surface area contributed by atoms with E-state index in [4.69, 9.17) is 5.73 Å². The third-order valence-electron chi connectivity index (χ3n) is 3.34. The van der Waals surface area contributed by atoms with Crippen molar-refractivity contribution in [2.24, 2.45) is 5.73 Å². The van der Waals surface area contributed by atoms with Crippen molar-refractivity contribution < 1.29 is 4.39 Å². The van der Waals surface area contributed by atoms with E-state index in [1.165, 1.54) is 6.07 Å². The number of hydrogen-bond donors (Lipinski definition) is 1. The highest BCUT2D eigenvalue weighted by Gasteiger charge is 2.19. The molecule has 2 N–H and O–H groups in total. The molecule has 1 heterocycles. The van der Waals surface area contributed by atoms with E-state index in [0.717, 1.165) is 27.9 Å². The molecule has 1 aromatic heterocycles. The minimum absolute atomic E-state index is 0.258. The first-order chi connectivity index (χ1) is 8.90. The number of nitrogens with two attached hydrogens (primary N) is 1. The molecule has 2 rings (SSSR count). The normalized spacial score (nSPS) is 12.5. The summed E-state index contributed by atoms with van der Waals surface area (Å²) in [6.07, 6.45) is 1.77. The van der Waals surface area contributed by atoms with Crippen LogP contribution < -0.4 is 5.73 Å². The Morgan fingerprint density at radius 3 is 2.21 bits per heavy atom. The minimum Gasteiger partial charge on any atom is -0.319 e. The Bertz CT molecular complexity index is 597. The molecule has 0 bridgehead atoms. The molecule has 2 aromatic rings. The Morgan fingerprint density at radius 2 is 1.63 bits per heavy atom. The fourth-order valence-electron chi connectivity index (χ4n) is 2.51. The zero-order valence-electron chi connectivity index (χ0n) is 11.8. The molecule has 100 valence electrons. The van der Waals surface area contributed by atoms with Gasteiger partial charge >= 0.3 is 0 Å². The lowest BCUT2D eigenvalue weighted by Crippen LogP contribution is -2.18. The molecule has 1 aromatic carbocycles. The molecule has 0 spiro atoms. The van der Waals surface area contributed by atoms with Crippen LogP contribution in [0.3, 0.4) is 0 Å². The highest BCUT2D eigenvalue weighted by atomic mass is 19.1. The van der Waals surface area contributed by atoms with E-state index in [2.05, 4.69) is 4.98 Å². The zero-order chi connectivity index (χ0) is 14.2. The average molecular weight is 258 g/mol. The van der Waals surface area contributed by atoms with Gasteiger partial charge < -0.3 is 5.73 Å². The number of aromatic nitrogens is 1. The molecule has 0 aliphatic heterocycles. The van der Waals surface area contributed by atoms with E-state index in [0.29, 0.717) is 5.56 Å². The van der Waals surface area contributed by atoms with Crippen LogP contribution in [0.1, 0.15) is 39.6 Å². The van der Waals surface area contributed by atoms with Crippen molar-refractivity contribution in [3.05, 3.63) is 63.7 Å². The molecule has 0 aliphatic rings. The van der Waals surface area contributed by atoms with Gasteiger partial charge in [-0.2, -0.15) is 0 Å². The Labute approximate surface area is 113 Å². The Morgan fingerprint density at radius 1 is 1.00 bits per heavy atom. The van der Waals surface area contributed by atoms with Crippen molar-refractivity contribution >= 4 is 0 Å². The number of rotatable bonds is 2. The predicted octanol–water partition coefficient (Wildman–Crippen LogP) is 3.50. The summed E-state index contributed by atoms with van der Waals surface area (Å²) in [7, 11) is 0. The zero-order valence-corrected chi connectivity index (χ0v) is 11.8. The smallest absolute Gasteiger partial charge is 0.128 e. The number of nitrogens with zero attached hydrogens (tertiary/aromatic N) is 1. The molecule has 0 radical (unpaired) electrons. The highest BCUT2D eigenvalue weighted by molar-refractivity contribution is 5.40. The summed E-state index contributed by atoms with van der Waals surface area (Å²) in [5, 5.41) is 0. The molecule has 1 unspecified atom stereocenters. The summed E-state index contributed by atoms with van der Waals surface area (Å²) in [5.41, 5.74) is 11.3. The lowest BCUT2D eigenvalue weighted by Gasteiger charge is -2.18. The molecule has 3 heteroatoms. The third kappa shape index (κ3) is 2.66.